The lowest BCUT2D eigenvalue weighted by atomic mass is 10.3. The summed E-state index contributed by atoms with van der Waals surface area (Å²) in [6.45, 7) is 1.31. The minimum atomic E-state index is -2.93. The van der Waals surface area contributed by atoms with Crippen molar-refractivity contribution in [2.75, 3.05) is 31.7 Å². The van der Waals surface area contributed by atoms with E-state index in [0.717, 1.165) is 0 Å². The second-order valence-electron chi connectivity index (χ2n) is 3.80. The fourth-order valence-corrected chi connectivity index (χ4v) is 2.19. The van der Waals surface area contributed by atoms with Crippen molar-refractivity contribution in [3.63, 3.8) is 0 Å². The largest absolute Gasteiger partial charge is 0.491 e. The molecule has 0 saturated heterocycles. The van der Waals surface area contributed by atoms with Crippen LogP contribution in [0, 0.1) is 5.82 Å². The first-order chi connectivity index (χ1) is 8.38. The lowest BCUT2D eigenvalue weighted by molar-refractivity contribution is 0.313. The van der Waals surface area contributed by atoms with Gasteiger partial charge in [-0.25, -0.2) is 12.8 Å². The summed E-state index contributed by atoms with van der Waals surface area (Å²) in [6.07, 6.45) is 1.20. The van der Waals surface area contributed by atoms with E-state index in [9.17, 15) is 12.8 Å². The van der Waals surface area contributed by atoms with Crippen molar-refractivity contribution in [2.45, 2.75) is 0 Å². The highest BCUT2D eigenvalue weighted by atomic mass is 79.9. The summed E-state index contributed by atoms with van der Waals surface area (Å²) in [6, 6.07) is 4.18. The topological polar surface area (TPSA) is 55.4 Å². The fraction of sp³-hybridized carbons (Fsp3) is 0.455. The van der Waals surface area contributed by atoms with Gasteiger partial charge in [0.15, 0.2) is 0 Å². The van der Waals surface area contributed by atoms with Crippen molar-refractivity contribution < 1.29 is 17.5 Å². The molecular formula is C11H15BrFNO3S. The Balaban J connectivity index is 2.22. The van der Waals surface area contributed by atoms with Crippen molar-refractivity contribution in [2.24, 2.45) is 0 Å². The molecule has 0 radical (unpaired) electrons. The Hall–Kier alpha value is -0.660. The fourth-order valence-electron chi connectivity index (χ4n) is 1.21. The number of hydrogen-bond acceptors (Lipinski definition) is 4. The van der Waals surface area contributed by atoms with E-state index in [2.05, 4.69) is 21.2 Å². The van der Waals surface area contributed by atoms with E-state index >= 15 is 0 Å². The number of ether oxygens (including phenoxy) is 1. The molecule has 0 amide bonds. The first-order valence-corrected chi connectivity index (χ1v) is 8.20. The second-order valence-corrected chi connectivity index (χ2v) is 6.92. The molecule has 0 aliphatic heterocycles. The zero-order valence-corrected chi connectivity index (χ0v) is 12.4. The van der Waals surface area contributed by atoms with E-state index in [-0.39, 0.29) is 11.6 Å². The van der Waals surface area contributed by atoms with Crippen molar-refractivity contribution in [1.29, 1.82) is 0 Å². The van der Waals surface area contributed by atoms with Crippen LogP contribution >= 0.6 is 15.9 Å². The number of rotatable bonds is 7. The Morgan fingerprint density at radius 1 is 1.39 bits per heavy atom. The van der Waals surface area contributed by atoms with Crippen LogP contribution in [0.1, 0.15) is 0 Å². The third kappa shape index (κ3) is 6.32. The van der Waals surface area contributed by atoms with E-state index in [4.69, 9.17) is 4.74 Å². The Labute approximate surface area is 115 Å². The number of nitrogens with one attached hydrogen (secondary N) is 1. The zero-order chi connectivity index (χ0) is 13.6. The highest BCUT2D eigenvalue weighted by Gasteiger charge is 2.03. The van der Waals surface area contributed by atoms with Gasteiger partial charge in [0, 0.05) is 19.3 Å². The summed E-state index contributed by atoms with van der Waals surface area (Å²) >= 11 is 3.19. The summed E-state index contributed by atoms with van der Waals surface area (Å²) in [5.41, 5.74) is 0. The molecule has 7 heteroatoms. The predicted molar refractivity (Wildman–Crippen MR) is 72.2 cm³/mol. The molecule has 102 valence electrons. The molecule has 0 aromatic heterocycles. The molecule has 0 atom stereocenters. The van der Waals surface area contributed by atoms with Crippen LogP contribution in [0.3, 0.4) is 0 Å². The van der Waals surface area contributed by atoms with Gasteiger partial charge in [-0.2, -0.15) is 0 Å². The van der Waals surface area contributed by atoms with Gasteiger partial charge in [0.1, 0.15) is 28.0 Å². The number of hydrogen-bond donors (Lipinski definition) is 1. The van der Waals surface area contributed by atoms with Crippen LogP contribution in [0.15, 0.2) is 22.7 Å². The van der Waals surface area contributed by atoms with Crippen LogP contribution < -0.4 is 10.1 Å². The van der Waals surface area contributed by atoms with Gasteiger partial charge in [-0.3, -0.25) is 0 Å². The standard InChI is InChI=1S/C11H15BrFNO3S/c1-18(15,16)7-5-14-4-6-17-11-3-2-9(13)8-10(11)12/h2-3,8,14H,4-7H2,1H3. The molecule has 1 aromatic carbocycles. The van der Waals surface area contributed by atoms with E-state index in [1.165, 1.54) is 24.5 Å². The molecule has 0 aliphatic carbocycles. The molecule has 0 unspecified atom stereocenters. The summed E-state index contributed by atoms with van der Waals surface area (Å²) in [4.78, 5) is 0. The van der Waals surface area contributed by atoms with Gasteiger partial charge >= 0.3 is 0 Å². The molecule has 1 rings (SSSR count). The minimum Gasteiger partial charge on any atom is -0.491 e. The number of sulfone groups is 1. The average molecular weight is 340 g/mol. The molecule has 0 heterocycles. The monoisotopic (exact) mass is 339 g/mol. The molecule has 0 bridgehead atoms. The van der Waals surface area contributed by atoms with E-state index in [1.54, 1.807) is 0 Å². The maximum atomic E-state index is 12.8. The lowest BCUT2D eigenvalue weighted by Gasteiger charge is -2.08. The van der Waals surface area contributed by atoms with Gasteiger partial charge in [-0.1, -0.05) is 0 Å². The Bertz CT molecular complexity index is 493. The molecule has 0 fully saturated rings. The molecule has 18 heavy (non-hydrogen) atoms. The average Bonchev–Trinajstić information content (AvgIpc) is 2.24. The van der Waals surface area contributed by atoms with Crippen molar-refractivity contribution in [3.05, 3.63) is 28.5 Å². The highest BCUT2D eigenvalue weighted by Crippen LogP contribution is 2.25. The van der Waals surface area contributed by atoms with Gasteiger partial charge in [0.2, 0.25) is 0 Å². The second kappa shape index (κ2) is 7.06. The lowest BCUT2D eigenvalue weighted by Crippen LogP contribution is -2.26. The van der Waals surface area contributed by atoms with E-state index in [0.29, 0.717) is 29.9 Å². The van der Waals surface area contributed by atoms with Crippen molar-refractivity contribution >= 4 is 25.8 Å². The van der Waals surface area contributed by atoms with E-state index in [1.807, 2.05) is 0 Å². The zero-order valence-electron chi connectivity index (χ0n) is 9.95. The van der Waals surface area contributed by atoms with Crippen LogP contribution in [0.4, 0.5) is 4.39 Å². The highest BCUT2D eigenvalue weighted by molar-refractivity contribution is 9.10. The number of benzene rings is 1. The summed E-state index contributed by atoms with van der Waals surface area (Å²) in [5.74, 6) is 0.328. The number of halogens is 2. The van der Waals surface area contributed by atoms with Gasteiger partial charge < -0.3 is 10.1 Å². The van der Waals surface area contributed by atoms with Crippen LogP contribution in [-0.2, 0) is 9.84 Å². The Morgan fingerprint density at radius 3 is 2.72 bits per heavy atom. The van der Waals surface area contributed by atoms with Crippen molar-refractivity contribution in [3.8, 4) is 5.75 Å². The third-order valence-corrected chi connectivity index (χ3v) is 3.65. The maximum absolute atomic E-state index is 12.8. The minimum absolute atomic E-state index is 0.104. The quantitative estimate of drug-likeness (QED) is 0.766. The molecule has 1 N–H and O–H groups in total. The summed E-state index contributed by atoms with van der Waals surface area (Å²) in [7, 11) is -2.93. The van der Waals surface area contributed by atoms with E-state index < -0.39 is 9.84 Å². The normalized spacial score (nSPS) is 11.5. The van der Waals surface area contributed by atoms with Gasteiger partial charge in [-0.15, -0.1) is 0 Å². The molecule has 0 saturated carbocycles. The van der Waals surface area contributed by atoms with Gasteiger partial charge in [0.05, 0.1) is 10.2 Å². The maximum Gasteiger partial charge on any atom is 0.148 e. The molecular weight excluding hydrogens is 325 g/mol. The first kappa shape index (κ1) is 15.4. The summed E-state index contributed by atoms with van der Waals surface area (Å²) < 4.78 is 40.4. The third-order valence-electron chi connectivity index (χ3n) is 2.08. The van der Waals surface area contributed by atoms with Gasteiger partial charge in [0.25, 0.3) is 0 Å². The smallest absolute Gasteiger partial charge is 0.148 e. The molecule has 1 aromatic rings. The van der Waals surface area contributed by atoms with Crippen LogP contribution in [-0.4, -0.2) is 40.1 Å². The molecule has 0 aliphatic rings. The Morgan fingerprint density at radius 2 is 2.11 bits per heavy atom. The summed E-state index contributed by atoms with van der Waals surface area (Å²) in [5, 5.41) is 2.95. The predicted octanol–water partition coefficient (Wildman–Crippen LogP) is 1.60. The Kier molecular flexibility index (Phi) is 6.04. The SMILES string of the molecule is CS(=O)(=O)CCNCCOc1ccc(F)cc1Br. The molecule has 0 spiro atoms. The van der Waals surface area contributed by atoms with Gasteiger partial charge in [-0.05, 0) is 34.1 Å². The van der Waals surface area contributed by atoms with Crippen LogP contribution in [0.25, 0.3) is 0 Å². The first-order valence-electron chi connectivity index (χ1n) is 5.35. The van der Waals surface area contributed by atoms with Crippen LogP contribution in [0.2, 0.25) is 0 Å². The molecule has 4 nitrogen and oxygen atoms in total. The van der Waals surface area contributed by atoms with Crippen molar-refractivity contribution in [1.82, 2.24) is 5.32 Å². The van der Waals surface area contributed by atoms with Crippen LogP contribution in [0.5, 0.6) is 5.75 Å².